The molecule has 0 aromatic heterocycles. The van der Waals surface area contributed by atoms with Crippen molar-refractivity contribution in [2.24, 2.45) is 0 Å². The summed E-state index contributed by atoms with van der Waals surface area (Å²) in [5.41, 5.74) is 2.28. The molecule has 2 nitrogen and oxygen atoms in total. The summed E-state index contributed by atoms with van der Waals surface area (Å²) in [5.74, 6) is 0.342. The molecule has 1 aliphatic rings. The minimum absolute atomic E-state index is 0.0983. The van der Waals surface area contributed by atoms with E-state index in [2.05, 4.69) is 13.0 Å². The molecule has 74 valence electrons. The van der Waals surface area contributed by atoms with Gasteiger partial charge >= 0.3 is 0 Å². The van der Waals surface area contributed by atoms with Crippen molar-refractivity contribution in [1.29, 1.82) is 0 Å². The fourth-order valence-corrected chi connectivity index (χ4v) is 2.14. The number of anilines is 1. The summed E-state index contributed by atoms with van der Waals surface area (Å²) in [7, 11) is 1.86. The standard InChI is InChI=1S/C12H15NO/c1-3-6-10-9-7-4-5-8-11(9)13(2)12(10)14/h4-5,7-8,10H,3,6H2,1-2H3. The van der Waals surface area contributed by atoms with Crippen LogP contribution >= 0.6 is 0 Å². The molecule has 1 unspecified atom stereocenters. The lowest BCUT2D eigenvalue weighted by Crippen LogP contribution is -2.23. The van der Waals surface area contributed by atoms with E-state index in [0.29, 0.717) is 0 Å². The van der Waals surface area contributed by atoms with Gasteiger partial charge in [-0.3, -0.25) is 4.79 Å². The summed E-state index contributed by atoms with van der Waals surface area (Å²) in [6.07, 6.45) is 2.01. The Morgan fingerprint density at radius 3 is 2.79 bits per heavy atom. The first-order chi connectivity index (χ1) is 6.75. The predicted molar refractivity (Wildman–Crippen MR) is 57.5 cm³/mol. The third-order valence-corrected chi connectivity index (χ3v) is 2.88. The molecular weight excluding hydrogens is 174 g/mol. The molecule has 0 saturated carbocycles. The van der Waals surface area contributed by atoms with E-state index in [0.717, 1.165) is 18.5 Å². The van der Waals surface area contributed by atoms with Gasteiger partial charge in [0.1, 0.15) is 0 Å². The molecule has 1 aromatic rings. The molecule has 2 heteroatoms. The minimum Gasteiger partial charge on any atom is -0.315 e. The van der Waals surface area contributed by atoms with Crippen LogP contribution in [0, 0.1) is 0 Å². The van der Waals surface area contributed by atoms with Gasteiger partial charge in [-0.25, -0.2) is 0 Å². The van der Waals surface area contributed by atoms with Crippen molar-refractivity contribution in [3.8, 4) is 0 Å². The Morgan fingerprint density at radius 2 is 2.07 bits per heavy atom. The smallest absolute Gasteiger partial charge is 0.234 e. The molecule has 0 radical (unpaired) electrons. The number of hydrogen-bond acceptors (Lipinski definition) is 1. The molecule has 0 aliphatic carbocycles. The lowest BCUT2D eigenvalue weighted by atomic mass is 9.96. The maximum absolute atomic E-state index is 11.9. The predicted octanol–water partition coefficient (Wildman–Crippen LogP) is 2.55. The second kappa shape index (κ2) is 3.45. The van der Waals surface area contributed by atoms with Crippen molar-refractivity contribution < 1.29 is 4.79 Å². The number of fused-ring (bicyclic) bond motifs is 1. The Hall–Kier alpha value is -1.31. The highest BCUT2D eigenvalue weighted by Crippen LogP contribution is 2.38. The molecule has 0 spiro atoms. The fraction of sp³-hybridized carbons (Fsp3) is 0.417. The lowest BCUT2D eigenvalue weighted by molar-refractivity contribution is -0.119. The molecule has 14 heavy (non-hydrogen) atoms. The molecule has 1 amide bonds. The highest BCUT2D eigenvalue weighted by Gasteiger charge is 2.33. The van der Waals surface area contributed by atoms with E-state index in [4.69, 9.17) is 0 Å². The van der Waals surface area contributed by atoms with Gasteiger partial charge in [0.2, 0.25) is 5.91 Å². The second-order valence-corrected chi connectivity index (χ2v) is 3.80. The zero-order valence-electron chi connectivity index (χ0n) is 8.66. The molecular formula is C12H15NO. The van der Waals surface area contributed by atoms with E-state index < -0.39 is 0 Å². The van der Waals surface area contributed by atoms with Crippen molar-refractivity contribution in [3.05, 3.63) is 29.8 Å². The summed E-state index contributed by atoms with van der Waals surface area (Å²) >= 11 is 0. The van der Waals surface area contributed by atoms with Crippen molar-refractivity contribution in [2.45, 2.75) is 25.7 Å². The van der Waals surface area contributed by atoms with Crippen LogP contribution in [0.2, 0.25) is 0 Å². The number of para-hydroxylation sites is 1. The minimum atomic E-state index is 0.0983. The molecule has 2 rings (SSSR count). The summed E-state index contributed by atoms with van der Waals surface area (Å²) in [4.78, 5) is 13.7. The number of carbonyl (C=O) groups is 1. The Labute approximate surface area is 84.5 Å². The number of carbonyl (C=O) groups excluding carboxylic acids is 1. The average Bonchev–Trinajstić information content (AvgIpc) is 2.45. The van der Waals surface area contributed by atoms with Crippen LogP contribution in [-0.4, -0.2) is 13.0 Å². The summed E-state index contributed by atoms with van der Waals surface area (Å²) < 4.78 is 0. The first-order valence-electron chi connectivity index (χ1n) is 5.12. The zero-order chi connectivity index (χ0) is 10.1. The van der Waals surface area contributed by atoms with Gasteiger partial charge in [0.25, 0.3) is 0 Å². The van der Waals surface area contributed by atoms with Gasteiger partial charge in [-0.2, -0.15) is 0 Å². The molecule has 1 atom stereocenters. The summed E-state index contributed by atoms with van der Waals surface area (Å²) in [6.45, 7) is 2.12. The number of amides is 1. The quantitative estimate of drug-likeness (QED) is 0.700. The maximum atomic E-state index is 11.9. The third kappa shape index (κ3) is 1.22. The molecule has 1 aliphatic heterocycles. The number of hydrogen-bond donors (Lipinski definition) is 0. The van der Waals surface area contributed by atoms with Gasteiger partial charge in [0.15, 0.2) is 0 Å². The third-order valence-electron chi connectivity index (χ3n) is 2.88. The first kappa shape index (κ1) is 9.25. The van der Waals surface area contributed by atoms with Crippen molar-refractivity contribution in [2.75, 3.05) is 11.9 Å². The summed E-state index contributed by atoms with van der Waals surface area (Å²) in [6, 6.07) is 8.07. The van der Waals surface area contributed by atoms with E-state index in [1.165, 1.54) is 5.56 Å². The lowest BCUT2D eigenvalue weighted by Gasteiger charge is -2.09. The van der Waals surface area contributed by atoms with Gasteiger partial charge in [-0.15, -0.1) is 0 Å². The molecule has 0 N–H and O–H groups in total. The van der Waals surface area contributed by atoms with Gasteiger partial charge in [-0.05, 0) is 18.1 Å². The van der Waals surface area contributed by atoms with E-state index in [9.17, 15) is 4.79 Å². The number of rotatable bonds is 2. The molecule has 1 aromatic carbocycles. The van der Waals surface area contributed by atoms with E-state index in [1.807, 2.05) is 25.2 Å². The van der Waals surface area contributed by atoms with Crippen LogP contribution in [0.25, 0.3) is 0 Å². The Kier molecular flexibility index (Phi) is 2.28. The monoisotopic (exact) mass is 189 g/mol. The van der Waals surface area contributed by atoms with Crippen LogP contribution in [0.5, 0.6) is 0 Å². The largest absolute Gasteiger partial charge is 0.315 e. The number of benzene rings is 1. The van der Waals surface area contributed by atoms with E-state index in [-0.39, 0.29) is 11.8 Å². The van der Waals surface area contributed by atoms with Crippen LogP contribution in [0.3, 0.4) is 0 Å². The highest BCUT2D eigenvalue weighted by atomic mass is 16.2. The number of nitrogens with zero attached hydrogens (tertiary/aromatic N) is 1. The maximum Gasteiger partial charge on any atom is 0.234 e. The molecule has 0 bridgehead atoms. The molecule has 1 heterocycles. The van der Waals surface area contributed by atoms with Gasteiger partial charge < -0.3 is 4.90 Å². The van der Waals surface area contributed by atoms with Crippen molar-refractivity contribution in [3.63, 3.8) is 0 Å². The number of likely N-dealkylation sites (N-methyl/N-ethyl adjacent to an activating group) is 1. The Bertz CT molecular complexity index is 359. The van der Waals surface area contributed by atoms with Crippen LogP contribution in [0.1, 0.15) is 31.2 Å². The van der Waals surface area contributed by atoms with Crippen LogP contribution in [-0.2, 0) is 4.79 Å². The van der Waals surface area contributed by atoms with Gasteiger partial charge in [0.05, 0.1) is 5.92 Å². The highest BCUT2D eigenvalue weighted by molar-refractivity contribution is 6.04. The van der Waals surface area contributed by atoms with E-state index >= 15 is 0 Å². The first-order valence-corrected chi connectivity index (χ1v) is 5.12. The van der Waals surface area contributed by atoms with Crippen LogP contribution in [0.4, 0.5) is 5.69 Å². The van der Waals surface area contributed by atoms with E-state index in [1.54, 1.807) is 4.90 Å². The summed E-state index contributed by atoms with van der Waals surface area (Å²) in [5, 5.41) is 0. The second-order valence-electron chi connectivity index (χ2n) is 3.80. The average molecular weight is 189 g/mol. The van der Waals surface area contributed by atoms with Crippen LogP contribution < -0.4 is 4.90 Å². The Morgan fingerprint density at radius 1 is 1.36 bits per heavy atom. The van der Waals surface area contributed by atoms with Gasteiger partial charge in [-0.1, -0.05) is 31.5 Å². The topological polar surface area (TPSA) is 20.3 Å². The van der Waals surface area contributed by atoms with Crippen molar-refractivity contribution >= 4 is 11.6 Å². The van der Waals surface area contributed by atoms with Gasteiger partial charge in [0, 0.05) is 12.7 Å². The van der Waals surface area contributed by atoms with Crippen molar-refractivity contribution in [1.82, 2.24) is 0 Å². The Balaban J connectivity index is 2.42. The van der Waals surface area contributed by atoms with Crippen LogP contribution in [0.15, 0.2) is 24.3 Å². The SMILES string of the molecule is CCCC1C(=O)N(C)c2ccccc21. The molecule has 0 saturated heterocycles. The zero-order valence-corrected chi connectivity index (χ0v) is 8.66. The fourth-order valence-electron chi connectivity index (χ4n) is 2.14. The molecule has 0 fully saturated rings. The normalized spacial score (nSPS) is 20.0.